The van der Waals surface area contributed by atoms with Crippen LogP contribution in [0.15, 0.2) is 41.3 Å². The molecule has 1 fully saturated rings. The molecule has 1 saturated carbocycles. The number of anilines is 1. The van der Waals surface area contributed by atoms with Crippen molar-refractivity contribution < 1.29 is 43.6 Å². The monoisotopic (exact) mass is 626 g/mol. The molecule has 40 heavy (non-hydrogen) atoms. The number of carbonyl (C=O) groups excluding carboxylic acids is 1. The van der Waals surface area contributed by atoms with Crippen LogP contribution in [0, 0.1) is 11.3 Å². The molecule has 0 spiro atoms. The summed E-state index contributed by atoms with van der Waals surface area (Å²) in [5.41, 5.74) is -2.45. The maximum absolute atomic E-state index is 13.5. The summed E-state index contributed by atoms with van der Waals surface area (Å²) in [6.07, 6.45) is -1.08. The standard InChI is InChI=1S/C23H17Cl2F5N4O5S/c1-38-13-4-2-12(3-5-13)11-39-22(37)32-20-17(23(8-9-23)21(35)36)14(10-31)33-34(20)15-6-7-16(19(25)18(15)24)40(26,27,28,29)30/h2-7H,8-9,11H2,1H3,(H,32,37)(H,35,36). The summed E-state index contributed by atoms with van der Waals surface area (Å²) in [5, 5.41) is 23.1. The number of hydrogen-bond donors (Lipinski definition) is 2. The number of benzene rings is 2. The highest BCUT2D eigenvalue weighted by Crippen LogP contribution is 3.02. The number of aliphatic carboxylic acids is 1. The third kappa shape index (κ3) is 5.47. The van der Waals surface area contributed by atoms with Crippen molar-refractivity contribution in [1.82, 2.24) is 9.78 Å². The number of nitrogens with one attached hydrogen (secondary N) is 1. The van der Waals surface area contributed by atoms with Crippen LogP contribution in [0.3, 0.4) is 0 Å². The topological polar surface area (TPSA) is 126 Å². The molecule has 1 heterocycles. The predicted molar refractivity (Wildman–Crippen MR) is 135 cm³/mol. The molecule has 0 saturated heterocycles. The highest BCUT2D eigenvalue weighted by atomic mass is 35.5. The van der Waals surface area contributed by atoms with Gasteiger partial charge in [0, 0.05) is 0 Å². The minimum atomic E-state index is -10.3. The summed E-state index contributed by atoms with van der Waals surface area (Å²) in [6, 6.07) is 8.58. The number of amides is 1. The molecule has 0 aliphatic heterocycles. The molecule has 0 bridgehead atoms. The Balaban J connectivity index is 1.80. The first-order valence-corrected chi connectivity index (χ1v) is 13.7. The Morgan fingerprint density at radius 1 is 1.12 bits per heavy atom. The van der Waals surface area contributed by atoms with Crippen molar-refractivity contribution in [1.29, 1.82) is 5.26 Å². The zero-order chi connectivity index (χ0) is 29.7. The number of nitriles is 1. The van der Waals surface area contributed by atoms with E-state index in [0.717, 1.165) is 0 Å². The predicted octanol–water partition coefficient (Wildman–Crippen LogP) is 7.58. The van der Waals surface area contributed by atoms with Gasteiger partial charge in [0.2, 0.25) is 0 Å². The van der Waals surface area contributed by atoms with E-state index in [9.17, 15) is 39.4 Å². The van der Waals surface area contributed by atoms with Crippen LogP contribution in [0.25, 0.3) is 5.69 Å². The van der Waals surface area contributed by atoms with Gasteiger partial charge in [-0.3, -0.25) is 10.1 Å². The summed E-state index contributed by atoms with van der Waals surface area (Å²) in [6.45, 7) is -0.264. The number of hydrogen-bond acceptors (Lipinski definition) is 6. The lowest BCUT2D eigenvalue weighted by atomic mass is 9.95. The molecule has 1 aliphatic rings. The van der Waals surface area contributed by atoms with Gasteiger partial charge in [0.1, 0.15) is 29.1 Å². The Morgan fingerprint density at radius 3 is 2.25 bits per heavy atom. The quantitative estimate of drug-likeness (QED) is 0.247. The Hall–Kier alpha value is -3.74. The van der Waals surface area contributed by atoms with E-state index >= 15 is 0 Å². The van der Waals surface area contributed by atoms with Gasteiger partial charge in [0.05, 0.1) is 33.8 Å². The second-order valence-corrected chi connectivity index (χ2v) is 11.8. The fourth-order valence-corrected chi connectivity index (χ4v) is 5.59. The van der Waals surface area contributed by atoms with Crippen molar-refractivity contribution in [2.24, 2.45) is 0 Å². The number of ether oxygens (including phenoxy) is 2. The zero-order valence-electron chi connectivity index (χ0n) is 20.1. The van der Waals surface area contributed by atoms with E-state index < -0.39 is 59.8 Å². The molecule has 2 N–H and O–H groups in total. The summed E-state index contributed by atoms with van der Waals surface area (Å²) in [4.78, 5) is 22.4. The zero-order valence-corrected chi connectivity index (χ0v) is 22.4. The number of rotatable bonds is 8. The lowest BCUT2D eigenvalue weighted by Gasteiger charge is -2.41. The Kier molecular flexibility index (Phi) is 6.69. The minimum absolute atomic E-state index is 0.0195. The molecule has 2 aromatic carbocycles. The molecule has 1 aromatic heterocycles. The molecule has 4 rings (SSSR count). The number of halogens is 7. The molecule has 3 aromatic rings. The Morgan fingerprint density at radius 2 is 1.75 bits per heavy atom. The van der Waals surface area contributed by atoms with Crippen LogP contribution in [0.5, 0.6) is 5.75 Å². The van der Waals surface area contributed by atoms with Crippen molar-refractivity contribution in [2.45, 2.75) is 29.8 Å². The van der Waals surface area contributed by atoms with E-state index in [1.807, 2.05) is 0 Å². The van der Waals surface area contributed by atoms with Gasteiger partial charge in [-0.15, -0.1) is 0 Å². The van der Waals surface area contributed by atoms with Crippen molar-refractivity contribution in [3.05, 3.63) is 63.3 Å². The summed E-state index contributed by atoms with van der Waals surface area (Å²) >= 11 is 11.6. The lowest BCUT2D eigenvalue weighted by Crippen LogP contribution is -2.24. The normalized spacial score (nSPS) is 15.8. The second-order valence-electron chi connectivity index (χ2n) is 8.71. The van der Waals surface area contributed by atoms with Gasteiger partial charge in [-0.2, -0.15) is 10.4 Å². The number of carboxylic acids is 1. The first-order chi connectivity index (χ1) is 18.4. The van der Waals surface area contributed by atoms with Gasteiger partial charge in [0.15, 0.2) is 5.69 Å². The van der Waals surface area contributed by atoms with Crippen molar-refractivity contribution in [2.75, 3.05) is 12.4 Å². The summed E-state index contributed by atoms with van der Waals surface area (Å²) in [5.74, 6) is -1.30. The first-order valence-electron chi connectivity index (χ1n) is 11.0. The number of carboxylic acid groups (broad SMARTS) is 1. The van der Waals surface area contributed by atoms with Crippen LogP contribution in [0.2, 0.25) is 10.0 Å². The number of methoxy groups -OCH3 is 1. The molecule has 9 nitrogen and oxygen atoms in total. The van der Waals surface area contributed by atoms with Crippen LogP contribution in [0.1, 0.15) is 29.7 Å². The Bertz CT molecular complexity index is 1590. The fraction of sp³-hybridized carbons (Fsp3) is 0.217. The first kappa shape index (κ1) is 29.2. The average molecular weight is 627 g/mol. The molecule has 0 radical (unpaired) electrons. The van der Waals surface area contributed by atoms with Crippen molar-refractivity contribution in [3.8, 4) is 17.5 Å². The molecule has 0 atom stereocenters. The van der Waals surface area contributed by atoms with Crippen LogP contribution in [-0.4, -0.2) is 34.1 Å². The van der Waals surface area contributed by atoms with Crippen LogP contribution >= 0.6 is 33.4 Å². The van der Waals surface area contributed by atoms with Gasteiger partial charge < -0.3 is 14.6 Å². The van der Waals surface area contributed by atoms with Crippen LogP contribution in [-0.2, 0) is 21.6 Å². The highest BCUT2D eigenvalue weighted by Gasteiger charge is 2.67. The fourth-order valence-electron chi connectivity index (χ4n) is 3.92. The molecule has 0 unspecified atom stereocenters. The van der Waals surface area contributed by atoms with Crippen molar-refractivity contribution >= 4 is 51.3 Å². The lowest BCUT2D eigenvalue weighted by molar-refractivity contribution is -0.140. The third-order valence-electron chi connectivity index (χ3n) is 6.05. The van der Waals surface area contributed by atoms with E-state index in [-0.39, 0.29) is 31.1 Å². The molecular formula is C23H17Cl2F5N4O5S. The van der Waals surface area contributed by atoms with Gasteiger partial charge in [-0.05, 0) is 42.7 Å². The third-order valence-corrected chi connectivity index (χ3v) is 8.20. The average Bonchev–Trinajstić information content (AvgIpc) is 3.59. The molecular weight excluding hydrogens is 610 g/mol. The number of aromatic nitrogens is 2. The van der Waals surface area contributed by atoms with Gasteiger partial charge in [0.25, 0.3) is 0 Å². The van der Waals surface area contributed by atoms with Gasteiger partial charge in [-0.1, -0.05) is 54.8 Å². The maximum atomic E-state index is 13.5. The van der Waals surface area contributed by atoms with Crippen molar-refractivity contribution in [3.63, 3.8) is 0 Å². The minimum Gasteiger partial charge on any atom is -0.497 e. The van der Waals surface area contributed by atoms with Crippen LogP contribution in [0.4, 0.5) is 30.0 Å². The molecule has 1 aliphatic carbocycles. The molecule has 17 heteroatoms. The van der Waals surface area contributed by atoms with Crippen LogP contribution < -0.4 is 10.1 Å². The SMILES string of the molecule is COc1ccc(COC(=O)Nc2c(C3(C(=O)O)CC3)c(C#N)nn2-c2ccc(S(F)(F)(F)(F)F)c(Cl)c2Cl)cc1. The number of nitrogens with zero attached hydrogens (tertiary/aromatic N) is 3. The number of carbonyl (C=O) groups is 2. The maximum Gasteiger partial charge on any atom is 0.413 e. The van der Waals surface area contributed by atoms with Gasteiger partial charge >= 0.3 is 22.3 Å². The van der Waals surface area contributed by atoms with E-state index in [2.05, 4.69) is 10.4 Å². The summed E-state index contributed by atoms with van der Waals surface area (Å²) in [7, 11) is -8.81. The smallest absolute Gasteiger partial charge is 0.413 e. The van der Waals surface area contributed by atoms with E-state index in [1.54, 1.807) is 30.3 Å². The molecule has 214 valence electrons. The highest BCUT2D eigenvalue weighted by molar-refractivity contribution is 8.45. The Labute approximate surface area is 232 Å². The van der Waals surface area contributed by atoms with E-state index in [4.69, 9.17) is 32.7 Å². The second kappa shape index (κ2) is 9.15. The molecule has 1 amide bonds. The van der Waals surface area contributed by atoms with Gasteiger partial charge in [-0.25, -0.2) is 9.48 Å². The summed E-state index contributed by atoms with van der Waals surface area (Å²) < 4.78 is 78.2. The van der Waals surface area contributed by atoms with E-state index in [0.29, 0.717) is 22.1 Å². The van der Waals surface area contributed by atoms with E-state index in [1.165, 1.54) is 7.11 Å². The largest absolute Gasteiger partial charge is 0.497 e.